The number of carbonyl (C=O) groups excluding carboxylic acids is 1. The summed E-state index contributed by atoms with van der Waals surface area (Å²) in [6, 6.07) is 5.42. The molecular weight excluding hydrogens is 359 g/mol. The summed E-state index contributed by atoms with van der Waals surface area (Å²) in [5.74, 6) is 0.362. The smallest absolute Gasteiger partial charge is 0.226 e. The maximum Gasteiger partial charge on any atom is 0.226 e. The molecule has 0 saturated heterocycles. The van der Waals surface area contributed by atoms with Crippen LogP contribution in [0.3, 0.4) is 0 Å². The van der Waals surface area contributed by atoms with Crippen LogP contribution in [0.4, 0.5) is 0 Å². The van der Waals surface area contributed by atoms with Crippen molar-refractivity contribution in [2.75, 3.05) is 13.1 Å². The first kappa shape index (κ1) is 18.3. The van der Waals surface area contributed by atoms with Crippen molar-refractivity contribution in [2.24, 2.45) is 11.1 Å². The highest BCUT2D eigenvalue weighted by Crippen LogP contribution is 2.28. The van der Waals surface area contributed by atoms with Crippen molar-refractivity contribution in [2.45, 2.75) is 38.2 Å². The van der Waals surface area contributed by atoms with Crippen molar-refractivity contribution in [1.29, 1.82) is 0 Å². The van der Waals surface area contributed by atoms with Gasteiger partial charge in [-0.3, -0.25) is 4.79 Å². The maximum atomic E-state index is 12.7. The summed E-state index contributed by atoms with van der Waals surface area (Å²) < 4.78 is 0. The van der Waals surface area contributed by atoms with Gasteiger partial charge < -0.3 is 9.74 Å². The third-order valence-electron chi connectivity index (χ3n) is 4.78. The number of amides is 1. The molecule has 1 fully saturated rings. The van der Waals surface area contributed by atoms with Crippen LogP contribution in [0.2, 0.25) is 10.0 Å². The van der Waals surface area contributed by atoms with Crippen LogP contribution in [0.25, 0.3) is 0 Å². The number of hydrogen-bond acceptors (Lipinski definition) is 3. The van der Waals surface area contributed by atoms with Crippen LogP contribution in [-0.2, 0) is 9.63 Å². The van der Waals surface area contributed by atoms with Crippen LogP contribution >= 0.6 is 23.2 Å². The first-order chi connectivity index (χ1) is 12.1. The summed E-state index contributed by atoms with van der Waals surface area (Å²) in [6.45, 7) is 4.84. The zero-order valence-corrected chi connectivity index (χ0v) is 15.6. The summed E-state index contributed by atoms with van der Waals surface area (Å²) in [7, 11) is 0. The Morgan fingerprint density at radius 3 is 2.76 bits per heavy atom. The Morgan fingerprint density at radius 1 is 1.32 bits per heavy atom. The lowest BCUT2D eigenvalue weighted by Crippen LogP contribution is -2.40. The first-order valence-electron chi connectivity index (χ1n) is 8.66. The lowest BCUT2D eigenvalue weighted by molar-refractivity contribution is -0.136. The van der Waals surface area contributed by atoms with E-state index in [0.717, 1.165) is 37.0 Å². The molecule has 134 valence electrons. The second-order valence-electron chi connectivity index (χ2n) is 6.61. The largest absolute Gasteiger partial charge is 0.390 e. The molecule has 6 heteroatoms. The molecule has 1 aromatic rings. The van der Waals surface area contributed by atoms with Gasteiger partial charge in [0.15, 0.2) is 6.10 Å². The van der Waals surface area contributed by atoms with E-state index in [1.165, 1.54) is 0 Å². The van der Waals surface area contributed by atoms with Gasteiger partial charge in [0.25, 0.3) is 0 Å². The fraction of sp³-hybridized carbons (Fsp3) is 0.474. The standard InChI is InChI=1S/C19H22Cl2N2O2/c1-2-9-23(19(24)13-5-3-4-6-13)12-15-11-18(22-25-15)14-7-8-16(20)17(21)10-14/h2,7-8,10,13,15H,1,3-6,9,11-12H2. The van der Waals surface area contributed by atoms with E-state index in [4.69, 9.17) is 28.0 Å². The third kappa shape index (κ3) is 4.36. The van der Waals surface area contributed by atoms with E-state index in [1.807, 2.05) is 11.0 Å². The molecule has 3 rings (SSSR count). The highest BCUT2D eigenvalue weighted by atomic mass is 35.5. The molecule has 1 aliphatic carbocycles. The summed E-state index contributed by atoms with van der Waals surface area (Å²) >= 11 is 12.0. The third-order valence-corrected chi connectivity index (χ3v) is 5.51. The number of nitrogens with zero attached hydrogens (tertiary/aromatic N) is 2. The molecule has 2 aliphatic rings. The quantitative estimate of drug-likeness (QED) is 0.671. The average Bonchev–Trinajstić information content (AvgIpc) is 3.28. The molecule has 1 saturated carbocycles. The lowest BCUT2D eigenvalue weighted by atomic mass is 10.0. The summed E-state index contributed by atoms with van der Waals surface area (Å²) in [6.07, 6.45) is 6.53. The normalized spacial score (nSPS) is 20.2. The van der Waals surface area contributed by atoms with E-state index in [0.29, 0.717) is 29.6 Å². The SMILES string of the molecule is C=CCN(CC1CC(c2ccc(Cl)c(Cl)c2)=NO1)C(=O)C1CCCC1. The molecular formula is C19H22Cl2N2O2. The Balaban J connectivity index is 1.61. The molecule has 1 aromatic carbocycles. The highest BCUT2D eigenvalue weighted by Gasteiger charge is 2.31. The van der Waals surface area contributed by atoms with Crippen molar-refractivity contribution in [1.82, 2.24) is 4.90 Å². The van der Waals surface area contributed by atoms with Crippen LogP contribution in [0.5, 0.6) is 0 Å². The van der Waals surface area contributed by atoms with Gasteiger partial charge in [0.05, 0.1) is 22.3 Å². The highest BCUT2D eigenvalue weighted by molar-refractivity contribution is 6.42. The van der Waals surface area contributed by atoms with Crippen LogP contribution in [0.1, 0.15) is 37.7 Å². The zero-order valence-electron chi connectivity index (χ0n) is 14.1. The Kier molecular flexibility index (Phi) is 6.02. The number of hydrogen-bond donors (Lipinski definition) is 0. The fourth-order valence-electron chi connectivity index (χ4n) is 3.46. The van der Waals surface area contributed by atoms with Crippen LogP contribution in [0.15, 0.2) is 36.0 Å². The predicted molar refractivity (Wildman–Crippen MR) is 101 cm³/mol. The number of oxime groups is 1. The summed E-state index contributed by atoms with van der Waals surface area (Å²) in [5, 5.41) is 5.19. The van der Waals surface area contributed by atoms with Crippen LogP contribution < -0.4 is 0 Å². The second-order valence-corrected chi connectivity index (χ2v) is 7.43. The molecule has 1 amide bonds. The van der Waals surface area contributed by atoms with Crippen LogP contribution in [0, 0.1) is 5.92 Å². The van der Waals surface area contributed by atoms with Gasteiger partial charge in [0.1, 0.15) is 0 Å². The van der Waals surface area contributed by atoms with E-state index >= 15 is 0 Å². The lowest BCUT2D eigenvalue weighted by Gasteiger charge is -2.26. The second kappa shape index (κ2) is 8.24. The monoisotopic (exact) mass is 380 g/mol. The van der Waals surface area contributed by atoms with E-state index in [1.54, 1.807) is 18.2 Å². The maximum absolute atomic E-state index is 12.7. The van der Waals surface area contributed by atoms with Gasteiger partial charge in [-0.05, 0) is 25.0 Å². The fourth-order valence-corrected chi connectivity index (χ4v) is 3.76. The van der Waals surface area contributed by atoms with Crippen molar-refractivity contribution < 1.29 is 9.63 Å². The van der Waals surface area contributed by atoms with Gasteiger partial charge in [-0.15, -0.1) is 6.58 Å². The van der Waals surface area contributed by atoms with Gasteiger partial charge in [-0.2, -0.15) is 0 Å². The molecule has 25 heavy (non-hydrogen) atoms. The Bertz CT molecular complexity index is 684. The van der Waals surface area contributed by atoms with Gasteiger partial charge in [0, 0.05) is 24.4 Å². The summed E-state index contributed by atoms with van der Waals surface area (Å²) in [4.78, 5) is 20.1. The average molecular weight is 381 g/mol. The molecule has 1 unspecified atom stereocenters. The molecule has 0 spiro atoms. The Labute approximate surface area is 158 Å². The number of halogens is 2. The van der Waals surface area contributed by atoms with Crippen LogP contribution in [-0.4, -0.2) is 35.7 Å². The molecule has 1 heterocycles. The van der Waals surface area contributed by atoms with Crippen molar-refractivity contribution in [3.8, 4) is 0 Å². The molecule has 0 N–H and O–H groups in total. The number of benzene rings is 1. The Morgan fingerprint density at radius 2 is 2.08 bits per heavy atom. The van der Waals surface area contributed by atoms with E-state index in [9.17, 15) is 4.79 Å². The zero-order chi connectivity index (χ0) is 17.8. The molecule has 0 radical (unpaired) electrons. The molecule has 0 aromatic heterocycles. The minimum atomic E-state index is -0.144. The van der Waals surface area contributed by atoms with E-state index < -0.39 is 0 Å². The van der Waals surface area contributed by atoms with Crippen molar-refractivity contribution in [3.63, 3.8) is 0 Å². The van der Waals surface area contributed by atoms with Gasteiger partial charge in [-0.25, -0.2) is 0 Å². The Hall–Kier alpha value is -1.52. The number of rotatable bonds is 6. The van der Waals surface area contributed by atoms with Gasteiger partial charge in [-0.1, -0.05) is 53.3 Å². The summed E-state index contributed by atoms with van der Waals surface area (Å²) in [5.41, 5.74) is 1.73. The minimum absolute atomic E-state index is 0.144. The number of carbonyl (C=O) groups is 1. The van der Waals surface area contributed by atoms with Gasteiger partial charge in [0.2, 0.25) is 5.91 Å². The molecule has 1 aliphatic heterocycles. The topological polar surface area (TPSA) is 41.9 Å². The van der Waals surface area contributed by atoms with Gasteiger partial charge >= 0.3 is 0 Å². The van der Waals surface area contributed by atoms with E-state index in [-0.39, 0.29) is 17.9 Å². The molecule has 4 nitrogen and oxygen atoms in total. The van der Waals surface area contributed by atoms with Crippen molar-refractivity contribution >= 4 is 34.8 Å². The minimum Gasteiger partial charge on any atom is -0.390 e. The van der Waals surface area contributed by atoms with E-state index in [2.05, 4.69) is 11.7 Å². The molecule has 0 bridgehead atoms. The molecule has 1 atom stereocenters. The first-order valence-corrected chi connectivity index (χ1v) is 9.42. The van der Waals surface area contributed by atoms with Crippen molar-refractivity contribution in [3.05, 3.63) is 46.5 Å². The predicted octanol–water partition coefficient (Wildman–Crippen LogP) is 4.69.